The van der Waals surface area contributed by atoms with Gasteiger partial charge in [-0.25, -0.2) is 9.37 Å². The Morgan fingerprint density at radius 3 is 2.83 bits per heavy atom. The van der Waals surface area contributed by atoms with Gasteiger partial charge in [-0.3, -0.25) is 18.6 Å². The molecule has 0 atom stereocenters. The normalized spacial score (nSPS) is 11.1. The number of amides is 1. The van der Waals surface area contributed by atoms with Gasteiger partial charge in [-0.15, -0.1) is 16.8 Å². The minimum Gasteiger partial charge on any atom is -0.310 e. The molecule has 0 aliphatic rings. The van der Waals surface area contributed by atoms with E-state index in [1.54, 1.807) is 28.7 Å². The van der Waals surface area contributed by atoms with Crippen LogP contribution in [0.3, 0.4) is 0 Å². The van der Waals surface area contributed by atoms with Crippen LogP contribution in [0.15, 0.2) is 65.2 Å². The largest absolute Gasteiger partial charge is 0.310 e. The van der Waals surface area contributed by atoms with E-state index in [1.165, 1.54) is 28.5 Å². The van der Waals surface area contributed by atoms with Crippen LogP contribution in [0.5, 0.6) is 0 Å². The smallest absolute Gasteiger partial charge is 0.263 e. The number of allylic oxidation sites excluding steroid dienone is 1. The average Bonchev–Trinajstić information content (AvgIpc) is 3.15. The van der Waals surface area contributed by atoms with Crippen LogP contribution in [-0.4, -0.2) is 35.8 Å². The first-order chi connectivity index (χ1) is 14.1. The monoisotopic (exact) mass is 410 g/mol. The third kappa shape index (κ3) is 3.61. The first-order valence-corrected chi connectivity index (χ1v) is 9.59. The average molecular weight is 410 g/mol. The Labute approximate surface area is 168 Å². The van der Waals surface area contributed by atoms with Crippen molar-refractivity contribution in [1.82, 2.24) is 24.1 Å². The zero-order chi connectivity index (χ0) is 20.4. The first-order valence-electron chi connectivity index (χ1n) is 8.60. The molecule has 0 fully saturated rings. The van der Waals surface area contributed by atoms with Crippen molar-refractivity contribution in [2.24, 2.45) is 0 Å². The van der Waals surface area contributed by atoms with Crippen molar-refractivity contribution >= 4 is 40.2 Å². The molecule has 0 unspecified atom stereocenters. The number of nitrogens with zero attached hydrogens (tertiary/aromatic N) is 5. The van der Waals surface area contributed by atoms with Gasteiger partial charge in [-0.1, -0.05) is 30.0 Å². The highest BCUT2D eigenvalue weighted by molar-refractivity contribution is 7.99. The van der Waals surface area contributed by atoms with E-state index in [-0.39, 0.29) is 29.6 Å². The fourth-order valence-electron chi connectivity index (χ4n) is 2.88. The minimum absolute atomic E-state index is 0.0365. The van der Waals surface area contributed by atoms with E-state index in [0.29, 0.717) is 21.8 Å². The summed E-state index contributed by atoms with van der Waals surface area (Å²) in [4.78, 5) is 28.8. The van der Waals surface area contributed by atoms with E-state index in [2.05, 4.69) is 27.1 Å². The maximum absolute atomic E-state index is 12.9. The highest BCUT2D eigenvalue weighted by Gasteiger charge is 2.17. The molecule has 0 spiro atoms. The summed E-state index contributed by atoms with van der Waals surface area (Å²) in [5.74, 6) is -0.140. The van der Waals surface area contributed by atoms with Gasteiger partial charge in [0.15, 0.2) is 5.16 Å². The van der Waals surface area contributed by atoms with E-state index in [1.807, 2.05) is 6.07 Å². The van der Waals surface area contributed by atoms with Crippen LogP contribution < -0.4 is 10.9 Å². The first kappa shape index (κ1) is 18.8. The number of nitrogens with one attached hydrogen (secondary N) is 1. The Balaban J connectivity index is 1.66. The molecule has 3 heterocycles. The Bertz CT molecular complexity index is 1280. The van der Waals surface area contributed by atoms with Crippen molar-refractivity contribution in [3.8, 4) is 0 Å². The molecule has 0 bridgehead atoms. The van der Waals surface area contributed by atoms with Gasteiger partial charge in [0.2, 0.25) is 11.7 Å². The van der Waals surface area contributed by atoms with Gasteiger partial charge in [0, 0.05) is 6.54 Å². The predicted molar refractivity (Wildman–Crippen MR) is 108 cm³/mol. The molecular formula is C19H15FN6O2S. The Kier molecular flexibility index (Phi) is 5.09. The van der Waals surface area contributed by atoms with Crippen LogP contribution in [0.2, 0.25) is 0 Å². The minimum atomic E-state index is -0.482. The molecule has 1 amide bonds. The lowest BCUT2D eigenvalue weighted by Gasteiger charge is -2.09. The van der Waals surface area contributed by atoms with E-state index in [9.17, 15) is 14.0 Å². The summed E-state index contributed by atoms with van der Waals surface area (Å²) in [6, 6.07) is 9.74. The number of pyridine rings is 1. The summed E-state index contributed by atoms with van der Waals surface area (Å²) in [5, 5.41) is 11.9. The van der Waals surface area contributed by atoms with Gasteiger partial charge in [-0.2, -0.15) is 0 Å². The van der Waals surface area contributed by atoms with Crippen LogP contribution in [0.25, 0.3) is 16.7 Å². The van der Waals surface area contributed by atoms with Crippen LogP contribution in [0, 0.1) is 5.82 Å². The number of halogens is 1. The van der Waals surface area contributed by atoms with E-state index < -0.39 is 5.82 Å². The molecule has 1 aromatic carbocycles. The standard InChI is InChI=1S/C19H15FN6O2S/c1-2-9-25-17(28)13-5-3-4-6-14(13)26-18(25)23-24-19(26)29-11-16(27)22-15-8-7-12(20)10-21-15/h2-8,10H,1,9,11H2,(H,21,22,27). The summed E-state index contributed by atoms with van der Waals surface area (Å²) in [5.41, 5.74) is 0.470. The zero-order valence-electron chi connectivity index (χ0n) is 15.1. The Hall–Kier alpha value is -3.53. The van der Waals surface area contributed by atoms with Crippen LogP contribution in [-0.2, 0) is 11.3 Å². The van der Waals surface area contributed by atoms with E-state index >= 15 is 0 Å². The van der Waals surface area contributed by atoms with Gasteiger partial charge >= 0.3 is 0 Å². The number of carbonyl (C=O) groups is 1. The molecule has 3 aromatic heterocycles. The number of aromatic nitrogens is 5. The lowest BCUT2D eigenvalue weighted by Crippen LogP contribution is -2.22. The van der Waals surface area contributed by atoms with E-state index in [0.717, 1.165) is 6.20 Å². The molecule has 10 heteroatoms. The van der Waals surface area contributed by atoms with Crippen molar-refractivity contribution in [2.45, 2.75) is 11.7 Å². The second kappa shape index (κ2) is 7.84. The fraction of sp³-hybridized carbons (Fsp3) is 0.105. The van der Waals surface area contributed by atoms with Crippen LogP contribution in [0.4, 0.5) is 10.2 Å². The molecule has 0 aliphatic carbocycles. The maximum atomic E-state index is 12.9. The third-order valence-electron chi connectivity index (χ3n) is 4.12. The van der Waals surface area contributed by atoms with Crippen LogP contribution in [0.1, 0.15) is 0 Å². The van der Waals surface area contributed by atoms with Crippen molar-refractivity contribution in [3.05, 3.63) is 71.4 Å². The van der Waals surface area contributed by atoms with Gasteiger partial charge in [0.25, 0.3) is 5.56 Å². The number of rotatable bonds is 6. The number of para-hydroxylation sites is 1. The topological polar surface area (TPSA) is 94.2 Å². The summed E-state index contributed by atoms with van der Waals surface area (Å²) in [6.45, 7) is 3.98. The van der Waals surface area contributed by atoms with Gasteiger partial charge in [0.1, 0.15) is 11.6 Å². The summed E-state index contributed by atoms with van der Waals surface area (Å²) >= 11 is 1.17. The lowest BCUT2D eigenvalue weighted by molar-refractivity contribution is -0.113. The number of hydrogen-bond donors (Lipinski definition) is 1. The summed E-state index contributed by atoms with van der Waals surface area (Å²) in [7, 11) is 0. The second-order valence-corrected chi connectivity index (χ2v) is 6.98. The molecule has 0 radical (unpaired) electrons. The fourth-order valence-corrected chi connectivity index (χ4v) is 3.62. The SMILES string of the molecule is C=CCn1c(=O)c2ccccc2n2c(SCC(=O)Nc3ccc(F)cn3)nnc12. The molecule has 4 aromatic rings. The number of carbonyl (C=O) groups excluding carboxylic acids is 1. The van der Waals surface area contributed by atoms with Gasteiger partial charge in [0.05, 0.1) is 22.9 Å². The highest BCUT2D eigenvalue weighted by atomic mass is 32.2. The summed E-state index contributed by atoms with van der Waals surface area (Å²) in [6.07, 6.45) is 2.64. The van der Waals surface area contributed by atoms with Crippen molar-refractivity contribution < 1.29 is 9.18 Å². The molecule has 8 nitrogen and oxygen atoms in total. The van der Waals surface area contributed by atoms with Crippen molar-refractivity contribution in [1.29, 1.82) is 0 Å². The number of fused-ring (bicyclic) bond motifs is 3. The molecule has 1 N–H and O–H groups in total. The Morgan fingerprint density at radius 2 is 2.07 bits per heavy atom. The van der Waals surface area contributed by atoms with Gasteiger partial charge in [-0.05, 0) is 24.3 Å². The number of benzene rings is 1. The quantitative estimate of drug-likeness (QED) is 0.388. The Morgan fingerprint density at radius 1 is 1.24 bits per heavy atom. The number of hydrogen-bond acceptors (Lipinski definition) is 6. The lowest BCUT2D eigenvalue weighted by atomic mass is 10.2. The zero-order valence-corrected chi connectivity index (χ0v) is 15.9. The van der Waals surface area contributed by atoms with Crippen molar-refractivity contribution in [2.75, 3.05) is 11.1 Å². The van der Waals surface area contributed by atoms with Crippen molar-refractivity contribution in [3.63, 3.8) is 0 Å². The molecule has 146 valence electrons. The van der Waals surface area contributed by atoms with Gasteiger partial charge < -0.3 is 5.32 Å². The highest BCUT2D eigenvalue weighted by Crippen LogP contribution is 2.21. The molecule has 29 heavy (non-hydrogen) atoms. The second-order valence-electron chi connectivity index (χ2n) is 6.04. The number of anilines is 1. The number of thioether (sulfide) groups is 1. The summed E-state index contributed by atoms with van der Waals surface area (Å²) < 4.78 is 16.1. The molecule has 0 aliphatic heterocycles. The predicted octanol–water partition coefficient (Wildman–Crippen LogP) is 2.50. The molecule has 4 rings (SSSR count). The maximum Gasteiger partial charge on any atom is 0.263 e. The van der Waals surface area contributed by atoms with Crippen LogP contribution >= 0.6 is 11.8 Å². The third-order valence-corrected chi connectivity index (χ3v) is 5.05. The molecule has 0 saturated carbocycles. The molecular weight excluding hydrogens is 395 g/mol. The van der Waals surface area contributed by atoms with E-state index in [4.69, 9.17) is 0 Å². The molecule has 0 saturated heterocycles.